The fraction of sp³-hybridized carbons (Fsp3) is 0.640. The summed E-state index contributed by atoms with van der Waals surface area (Å²) in [5, 5.41) is 27.9. The molecule has 0 aliphatic heterocycles. The van der Waals surface area contributed by atoms with Crippen LogP contribution in [-0.2, 0) is 0 Å². The van der Waals surface area contributed by atoms with Crippen LogP contribution in [0.3, 0.4) is 0 Å². The molecule has 4 nitrogen and oxygen atoms in total. The number of rotatable bonds is 15. The zero-order valence-electron chi connectivity index (χ0n) is 18.1. The number of unbranched alkanes of at least 4 members (excludes halogenated alkanes) is 4. The lowest BCUT2D eigenvalue weighted by atomic mass is 9.87. The summed E-state index contributed by atoms with van der Waals surface area (Å²) in [5.41, 5.74) is 1.51. The molecule has 3 atom stereocenters. The number of nitrogens with zero attached hydrogens (tertiary/aromatic N) is 2. The maximum atomic E-state index is 11.0. The molecule has 0 radical (unpaired) electrons. The molecular weight excluding hydrogens is 360 g/mol. The number of aromatic carboxylic acids is 1. The second-order valence-electron chi connectivity index (χ2n) is 8.05. The van der Waals surface area contributed by atoms with Gasteiger partial charge in [-0.2, -0.15) is 10.5 Å². The van der Waals surface area contributed by atoms with E-state index in [0.717, 1.165) is 44.9 Å². The standard InChI is InChI=1S/C25H36N2O2/c1-3-5-6-7-10-20(18-26)17-21(19-27)11-8-9-12-22(4-2)23-13-15-24(16-14-23)25(28)29/h13-16,20-22H,3-12,17H2,1-2H3,(H,28,29). The number of hydrogen-bond acceptors (Lipinski definition) is 3. The van der Waals surface area contributed by atoms with Gasteiger partial charge in [0.1, 0.15) is 0 Å². The first-order valence-corrected chi connectivity index (χ1v) is 11.2. The molecule has 1 N–H and O–H groups in total. The van der Waals surface area contributed by atoms with Gasteiger partial charge in [-0.1, -0.05) is 64.5 Å². The number of carboxylic acid groups (broad SMARTS) is 1. The first kappa shape index (κ1) is 24.7. The third-order valence-corrected chi connectivity index (χ3v) is 5.82. The van der Waals surface area contributed by atoms with E-state index in [9.17, 15) is 15.3 Å². The Kier molecular flexibility index (Phi) is 12.5. The van der Waals surface area contributed by atoms with E-state index < -0.39 is 5.97 Å². The maximum Gasteiger partial charge on any atom is 0.335 e. The number of hydrogen-bond donors (Lipinski definition) is 1. The lowest BCUT2D eigenvalue weighted by Crippen LogP contribution is -2.07. The van der Waals surface area contributed by atoms with Gasteiger partial charge in [0.25, 0.3) is 0 Å². The molecule has 3 unspecified atom stereocenters. The average Bonchev–Trinajstić information content (AvgIpc) is 2.74. The summed E-state index contributed by atoms with van der Waals surface area (Å²) in [4.78, 5) is 11.0. The van der Waals surface area contributed by atoms with Gasteiger partial charge in [-0.3, -0.25) is 0 Å². The van der Waals surface area contributed by atoms with Crippen LogP contribution in [0.2, 0.25) is 0 Å². The molecule has 0 spiro atoms. The summed E-state index contributed by atoms with van der Waals surface area (Å²) in [6, 6.07) is 12.0. The zero-order valence-corrected chi connectivity index (χ0v) is 18.1. The quantitative estimate of drug-likeness (QED) is 0.321. The fourth-order valence-corrected chi connectivity index (χ4v) is 3.92. The second kappa shape index (κ2) is 14.6. The van der Waals surface area contributed by atoms with Gasteiger partial charge in [0, 0.05) is 11.8 Å². The van der Waals surface area contributed by atoms with Gasteiger partial charge in [-0.05, 0) is 55.7 Å². The SMILES string of the molecule is CCCCCCC(C#N)CC(C#N)CCCCC(CC)c1ccc(C(=O)O)cc1. The molecule has 0 aliphatic rings. The van der Waals surface area contributed by atoms with Crippen molar-refractivity contribution >= 4 is 5.97 Å². The van der Waals surface area contributed by atoms with Crippen molar-refractivity contribution in [2.45, 2.75) is 90.4 Å². The third kappa shape index (κ3) is 9.62. The summed E-state index contributed by atoms with van der Waals surface area (Å²) >= 11 is 0. The fourth-order valence-electron chi connectivity index (χ4n) is 3.92. The van der Waals surface area contributed by atoms with Crippen LogP contribution in [0.5, 0.6) is 0 Å². The molecule has 0 aliphatic carbocycles. The molecule has 0 amide bonds. The molecule has 0 saturated heterocycles. The van der Waals surface area contributed by atoms with E-state index in [1.807, 2.05) is 12.1 Å². The number of benzene rings is 1. The van der Waals surface area contributed by atoms with Crippen LogP contribution in [0.1, 0.15) is 106 Å². The van der Waals surface area contributed by atoms with E-state index in [0.29, 0.717) is 17.9 Å². The van der Waals surface area contributed by atoms with Crippen LogP contribution in [0.15, 0.2) is 24.3 Å². The van der Waals surface area contributed by atoms with Crippen molar-refractivity contribution in [1.82, 2.24) is 0 Å². The largest absolute Gasteiger partial charge is 0.478 e. The Morgan fingerprint density at radius 3 is 1.93 bits per heavy atom. The Morgan fingerprint density at radius 1 is 0.897 bits per heavy atom. The van der Waals surface area contributed by atoms with Crippen molar-refractivity contribution < 1.29 is 9.90 Å². The van der Waals surface area contributed by atoms with Gasteiger partial charge in [0.05, 0.1) is 17.7 Å². The topological polar surface area (TPSA) is 84.9 Å². The van der Waals surface area contributed by atoms with Gasteiger partial charge in [-0.15, -0.1) is 0 Å². The predicted octanol–water partition coefficient (Wildman–Crippen LogP) is 7.08. The molecule has 1 aromatic rings. The smallest absolute Gasteiger partial charge is 0.335 e. The van der Waals surface area contributed by atoms with Crippen LogP contribution in [0.25, 0.3) is 0 Å². The zero-order chi connectivity index (χ0) is 21.5. The first-order chi connectivity index (χ1) is 14.0. The summed E-state index contributed by atoms with van der Waals surface area (Å²) in [7, 11) is 0. The van der Waals surface area contributed by atoms with E-state index in [4.69, 9.17) is 5.11 Å². The molecule has 1 aromatic carbocycles. The molecule has 29 heavy (non-hydrogen) atoms. The third-order valence-electron chi connectivity index (χ3n) is 5.82. The van der Waals surface area contributed by atoms with E-state index >= 15 is 0 Å². The molecule has 0 aromatic heterocycles. The Balaban J connectivity index is 2.40. The highest BCUT2D eigenvalue weighted by Crippen LogP contribution is 2.28. The highest BCUT2D eigenvalue weighted by molar-refractivity contribution is 5.87. The van der Waals surface area contributed by atoms with Crippen molar-refractivity contribution in [2.24, 2.45) is 11.8 Å². The lowest BCUT2D eigenvalue weighted by Gasteiger charge is -2.17. The van der Waals surface area contributed by atoms with Crippen LogP contribution in [0.4, 0.5) is 0 Å². The highest BCUT2D eigenvalue weighted by Gasteiger charge is 2.16. The monoisotopic (exact) mass is 396 g/mol. The van der Waals surface area contributed by atoms with E-state index in [1.54, 1.807) is 12.1 Å². The van der Waals surface area contributed by atoms with Gasteiger partial charge in [0.2, 0.25) is 0 Å². The summed E-state index contributed by atoms with van der Waals surface area (Å²) in [6.07, 6.45) is 11.3. The van der Waals surface area contributed by atoms with Crippen molar-refractivity contribution in [3.8, 4) is 12.1 Å². The maximum absolute atomic E-state index is 11.0. The Bertz CT molecular complexity index is 670. The van der Waals surface area contributed by atoms with E-state index in [1.165, 1.54) is 24.8 Å². The molecule has 0 heterocycles. The van der Waals surface area contributed by atoms with Crippen LogP contribution < -0.4 is 0 Å². The van der Waals surface area contributed by atoms with Gasteiger partial charge in [0.15, 0.2) is 0 Å². The molecule has 0 bridgehead atoms. The molecule has 4 heteroatoms. The molecule has 0 fully saturated rings. The minimum atomic E-state index is -0.895. The summed E-state index contributed by atoms with van der Waals surface area (Å²) < 4.78 is 0. The lowest BCUT2D eigenvalue weighted by molar-refractivity contribution is 0.0697. The van der Waals surface area contributed by atoms with Crippen molar-refractivity contribution in [1.29, 1.82) is 10.5 Å². The molecule has 0 saturated carbocycles. The minimum Gasteiger partial charge on any atom is -0.478 e. The van der Waals surface area contributed by atoms with Gasteiger partial charge >= 0.3 is 5.97 Å². The summed E-state index contributed by atoms with van der Waals surface area (Å²) in [6.45, 7) is 4.34. The molecule has 158 valence electrons. The summed E-state index contributed by atoms with van der Waals surface area (Å²) in [5.74, 6) is -0.495. The molecule has 1 rings (SSSR count). The number of carbonyl (C=O) groups is 1. The second-order valence-corrected chi connectivity index (χ2v) is 8.05. The van der Waals surface area contributed by atoms with Crippen LogP contribution in [0, 0.1) is 34.5 Å². The van der Waals surface area contributed by atoms with E-state index in [2.05, 4.69) is 26.0 Å². The van der Waals surface area contributed by atoms with Crippen molar-refractivity contribution in [2.75, 3.05) is 0 Å². The van der Waals surface area contributed by atoms with Crippen molar-refractivity contribution in [3.05, 3.63) is 35.4 Å². The number of nitriles is 2. The van der Waals surface area contributed by atoms with Gasteiger partial charge in [-0.25, -0.2) is 4.79 Å². The van der Waals surface area contributed by atoms with E-state index in [-0.39, 0.29) is 11.8 Å². The molecular formula is C25H36N2O2. The van der Waals surface area contributed by atoms with Crippen LogP contribution in [-0.4, -0.2) is 11.1 Å². The predicted molar refractivity (Wildman–Crippen MR) is 116 cm³/mol. The van der Waals surface area contributed by atoms with Crippen molar-refractivity contribution in [3.63, 3.8) is 0 Å². The highest BCUT2D eigenvalue weighted by atomic mass is 16.4. The van der Waals surface area contributed by atoms with Crippen LogP contribution >= 0.6 is 0 Å². The average molecular weight is 397 g/mol. The number of carboxylic acids is 1. The Morgan fingerprint density at radius 2 is 1.45 bits per heavy atom. The Labute approximate surface area is 176 Å². The normalized spacial score (nSPS) is 13.8. The van der Waals surface area contributed by atoms with Gasteiger partial charge < -0.3 is 5.11 Å². The first-order valence-electron chi connectivity index (χ1n) is 11.2. The minimum absolute atomic E-state index is 0.00708. The Hall–Kier alpha value is -2.33.